The molecule has 2 aromatic heterocycles. The van der Waals surface area contributed by atoms with E-state index in [1.54, 1.807) is 23.2 Å². The quantitative estimate of drug-likeness (QED) is 0.429. The number of thiophene rings is 1. The van der Waals surface area contributed by atoms with Crippen molar-refractivity contribution < 1.29 is 23.9 Å². The van der Waals surface area contributed by atoms with Gasteiger partial charge in [-0.1, -0.05) is 17.8 Å². The van der Waals surface area contributed by atoms with Crippen molar-refractivity contribution >= 4 is 41.1 Å². The molecule has 0 aliphatic carbocycles. The monoisotopic (exact) mass is 481 g/mol. The Kier molecular flexibility index (Phi) is 8.91. The molecule has 0 spiro atoms. The van der Waals surface area contributed by atoms with Crippen LogP contribution in [0, 0.1) is 0 Å². The summed E-state index contributed by atoms with van der Waals surface area (Å²) in [6.07, 6.45) is 0.936. The van der Waals surface area contributed by atoms with E-state index in [0.29, 0.717) is 44.2 Å². The predicted octanol–water partition coefficient (Wildman–Crippen LogP) is 2.40. The SMILES string of the molecule is CCOC(=O)N1CCC(NC(=O)COC(=O)CSc2nnc(-c3cccs3)n2CC)CC1. The smallest absolute Gasteiger partial charge is 0.409 e. The molecule has 174 valence electrons. The van der Waals surface area contributed by atoms with Gasteiger partial charge in [-0.15, -0.1) is 21.5 Å². The van der Waals surface area contributed by atoms with Crippen molar-refractivity contribution in [1.29, 1.82) is 0 Å². The van der Waals surface area contributed by atoms with Crippen molar-refractivity contribution in [3.8, 4) is 10.7 Å². The fourth-order valence-electron chi connectivity index (χ4n) is 3.27. The van der Waals surface area contributed by atoms with Gasteiger partial charge in [-0.05, 0) is 38.1 Å². The first-order valence-electron chi connectivity index (χ1n) is 10.5. The minimum Gasteiger partial charge on any atom is -0.455 e. The van der Waals surface area contributed by atoms with Crippen molar-refractivity contribution in [3.05, 3.63) is 17.5 Å². The predicted molar refractivity (Wildman–Crippen MR) is 120 cm³/mol. The van der Waals surface area contributed by atoms with Crippen LogP contribution in [-0.4, -0.2) is 75.7 Å². The first-order valence-corrected chi connectivity index (χ1v) is 12.3. The number of aromatic nitrogens is 3. The lowest BCUT2D eigenvalue weighted by molar-refractivity contribution is -0.146. The van der Waals surface area contributed by atoms with Crippen LogP contribution in [0.15, 0.2) is 22.7 Å². The average molecular weight is 482 g/mol. The van der Waals surface area contributed by atoms with E-state index >= 15 is 0 Å². The highest BCUT2D eigenvalue weighted by Crippen LogP contribution is 2.27. The van der Waals surface area contributed by atoms with E-state index in [9.17, 15) is 14.4 Å². The third-order valence-electron chi connectivity index (χ3n) is 4.84. The number of ether oxygens (including phenoxy) is 2. The van der Waals surface area contributed by atoms with Gasteiger partial charge in [-0.25, -0.2) is 4.79 Å². The molecule has 1 fully saturated rings. The lowest BCUT2D eigenvalue weighted by atomic mass is 10.1. The molecule has 3 rings (SSSR count). The Morgan fingerprint density at radius 3 is 2.66 bits per heavy atom. The number of piperidine rings is 1. The van der Waals surface area contributed by atoms with Gasteiger partial charge in [-0.3, -0.25) is 9.59 Å². The highest BCUT2D eigenvalue weighted by atomic mass is 32.2. The van der Waals surface area contributed by atoms with Gasteiger partial charge in [-0.2, -0.15) is 0 Å². The maximum atomic E-state index is 12.1. The maximum absolute atomic E-state index is 12.1. The summed E-state index contributed by atoms with van der Waals surface area (Å²) < 4.78 is 12.0. The van der Waals surface area contributed by atoms with Gasteiger partial charge in [0.2, 0.25) is 0 Å². The standard InChI is InChI=1S/C20H27N5O5S2/c1-3-25-18(15-6-5-11-31-15)22-23-19(25)32-13-17(27)30-12-16(26)21-14-7-9-24(10-8-14)20(28)29-4-2/h5-6,11,14H,3-4,7-10,12-13H2,1-2H3,(H,21,26). The molecule has 1 N–H and O–H groups in total. The van der Waals surface area contributed by atoms with Crippen LogP contribution in [0.3, 0.4) is 0 Å². The third kappa shape index (κ3) is 6.45. The third-order valence-corrected chi connectivity index (χ3v) is 6.65. The van der Waals surface area contributed by atoms with Gasteiger partial charge in [0.25, 0.3) is 5.91 Å². The fourth-order valence-corrected chi connectivity index (χ4v) is 4.79. The molecule has 1 saturated heterocycles. The molecule has 32 heavy (non-hydrogen) atoms. The van der Waals surface area contributed by atoms with Crippen molar-refractivity contribution in [3.63, 3.8) is 0 Å². The Morgan fingerprint density at radius 1 is 1.22 bits per heavy atom. The number of hydrogen-bond donors (Lipinski definition) is 1. The van der Waals surface area contributed by atoms with Crippen LogP contribution in [0.4, 0.5) is 4.79 Å². The maximum Gasteiger partial charge on any atom is 0.409 e. The fraction of sp³-hybridized carbons (Fsp3) is 0.550. The summed E-state index contributed by atoms with van der Waals surface area (Å²) >= 11 is 2.81. The van der Waals surface area contributed by atoms with E-state index in [-0.39, 0.29) is 30.4 Å². The molecule has 0 atom stereocenters. The number of rotatable bonds is 9. The lowest BCUT2D eigenvalue weighted by Gasteiger charge is -2.31. The first-order chi connectivity index (χ1) is 15.5. The first kappa shape index (κ1) is 24.1. The number of amides is 2. The second kappa shape index (κ2) is 11.9. The average Bonchev–Trinajstić information content (AvgIpc) is 3.46. The number of carbonyl (C=O) groups is 3. The zero-order valence-corrected chi connectivity index (χ0v) is 19.7. The lowest BCUT2D eigenvalue weighted by Crippen LogP contribution is -2.47. The highest BCUT2D eigenvalue weighted by Gasteiger charge is 2.25. The molecular weight excluding hydrogens is 454 g/mol. The summed E-state index contributed by atoms with van der Waals surface area (Å²) in [5, 5.41) is 13.9. The summed E-state index contributed by atoms with van der Waals surface area (Å²) in [6, 6.07) is 3.87. The van der Waals surface area contributed by atoms with E-state index in [1.165, 1.54) is 11.8 Å². The Balaban J connectivity index is 1.37. The van der Waals surface area contributed by atoms with Crippen LogP contribution < -0.4 is 5.32 Å². The second-order valence-electron chi connectivity index (χ2n) is 7.00. The second-order valence-corrected chi connectivity index (χ2v) is 8.90. The summed E-state index contributed by atoms with van der Waals surface area (Å²) in [4.78, 5) is 38.6. The zero-order chi connectivity index (χ0) is 22.9. The van der Waals surface area contributed by atoms with E-state index in [1.807, 2.05) is 29.0 Å². The summed E-state index contributed by atoms with van der Waals surface area (Å²) in [7, 11) is 0. The molecule has 2 amide bonds. The number of carbonyl (C=O) groups excluding carboxylic acids is 3. The van der Waals surface area contributed by atoms with Gasteiger partial charge in [0.1, 0.15) is 0 Å². The molecule has 0 unspecified atom stereocenters. The number of nitrogens with zero attached hydrogens (tertiary/aromatic N) is 4. The van der Waals surface area contributed by atoms with Gasteiger partial charge in [0.15, 0.2) is 17.6 Å². The molecule has 3 heterocycles. The number of thioether (sulfide) groups is 1. The molecule has 0 radical (unpaired) electrons. The number of likely N-dealkylation sites (tertiary alicyclic amines) is 1. The molecule has 1 aliphatic heterocycles. The number of nitrogens with one attached hydrogen (secondary N) is 1. The van der Waals surface area contributed by atoms with E-state index in [4.69, 9.17) is 9.47 Å². The van der Waals surface area contributed by atoms with E-state index in [0.717, 1.165) is 10.7 Å². The van der Waals surface area contributed by atoms with Crippen LogP contribution in [0.1, 0.15) is 26.7 Å². The number of hydrogen-bond acceptors (Lipinski definition) is 9. The van der Waals surface area contributed by atoms with Crippen LogP contribution in [0.2, 0.25) is 0 Å². The highest BCUT2D eigenvalue weighted by molar-refractivity contribution is 7.99. The minimum atomic E-state index is -0.495. The zero-order valence-electron chi connectivity index (χ0n) is 18.1. The molecule has 1 aliphatic rings. The van der Waals surface area contributed by atoms with Crippen molar-refractivity contribution in [2.75, 3.05) is 32.1 Å². The van der Waals surface area contributed by atoms with E-state index in [2.05, 4.69) is 15.5 Å². The van der Waals surface area contributed by atoms with Gasteiger partial charge < -0.3 is 24.3 Å². The normalized spacial score (nSPS) is 14.2. The molecule has 0 bridgehead atoms. The van der Waals surface area contributed by atoms with Crippen molar-refractivity contribution in [2.24, 2.45) is 0 Å². The minimum absolute atomic E-state index is 0.0355. The summed E-state index contributed by atoms with van der Waals surface area (Å²) in [5.74, 6) is -0.0414. The van der Waals surface area contributed by atoms with E-state index < -0.39 is 5.97 Å². The van der Waals surface area contributed by atoms with Crippen LogP contribution in [0.25, 0.3) is 10.7 Å². The summed E-state index contributed by atoms with van der Waals surface area (Å²) in [5.41, 5.74) is 0. The van der Waals surface area contributed by atoms with Gasteiger partial charge >= 0.3 is 12.1 Å². The Bertz CT molecular complexity index is 910. The molecule has 0 aromatic carbocycles. The van der Waals surface area contributed by atoms with Gasteiger partial charge in [0.05, 0.1) is 17.2 Å². The van der Waals surface area contributed by atoms with Crippen LogP contribution in [0.5, 0.6) is 0 Å². The molecule has 2 aromatic rings. The van der Waals surface area contributed by atoms with Crippen molar-refractivity contribution in [1.82, 2.24) is 25.0 Å². The largest absolute Gasteiger partial charge is 0.455 e. The Morgan fingerprint density at radius 2 is 2.00 bits per heavy atom. The summed E-state index contributed by atoms with van der Waals surface area (Å²) in [6.45, 7) is 5.48. The molecular formula is C20H27N5O5S2. The van der Waals surface area contributed by atoms with Crippen LogP contribution >= 0.6 is 23.1 Å². The Hall–Kier alpha value is -2.60. The number of esters is 1. The topological polar surface area (TPSA) is 116 Å². The molecule has 0 saturated carbocycles. The van der Waals surface area contributed by atoms with Crippen LogP contribution in [-0.2, 0) is 25.6 Å². The van der Waals surface area contributed by atoms with Gasteiger partial charge in [0, 0.05) is 25.7 Å². The molecule has 12 heteroatoms. The Labute approximate surface area is 194 Å². The molecule has 10 nitrogen and oxygen atoms in total. The van der Waals surface area contributed by atoms with Crippen molar-refractivity contribution in [2.45, 2.75) is 44.4 Å².